The van der Waals surface area contributed by atoms with Crippen LogP contribution in [-0.2, 0) is 14.3 Å². The van der Waals surface area contributed by atoms with Gasteiger partial charge >= 0.3 is 0 Å². The Labute approximate surface area is 171 Å². The molecule has 2 rings (SSSR count). The first kappa shape index (κ1) is 22.5. The first-order valence-electron chi connectivity index (χ1n) is 9.69. The molecule has 1 heterocycles. The van der Waals surface area contributed by atoms with Crippen LogP contribution in [0.5, 0.6) is 5.75 Å². The highest BCUT2D eigenvalue weighted by Crippen LogP contribution is 2.40. The Balaban J connectivity index is 2.24. The molecule has 29 heavy (non-hydrogen) atoms. The van der Waals surface area contributed by atoms with E-state index in [0.717, 1.165) is 12.8 Å². The van der Waals surface area contributed by atoms with Crippen LogP contribution in [0.25, 0.3) is 0 Å². The van der Waals surface area contributed by atoms with Crippen LogP contribution < -0.4 is 10.1 Å². The van der Waals surface area contributed by atoms with E-state index in [-0.39, 0.29) is 13.2 Å². The number of fused-ring (bicyclic) bond motifs is 1. The van der Waals surface area contributed by atoms with Crippen LogP contribution in [0.3, 0.4) is 0 Å². The molecule has 7 heteroatoms. The fourth-order valence-electron chi connectivity index (χ4n) is 2.96. The number of unbranched alkanes of at least 4 members (excludes halogenated alkanes) is 1. The van der Waals surface area contributed by atoms with E-state index in [1.165, 1.54) is 6.08 Å². The van der Waals surface area contributed by atoms with Crippen molar-refractivity contribution < 1.29 is 24.1 Å². The highest BCUT2D eigenvalue weighted by Gasteiger charge is 2.42. The molecule has 156 valence electrons. The number of nitrogens with one attached hydrogen (secondary N) is 1. The summed E-state index contributed by atoms with van der Waals surface area (Å²) in [6.07, 6.45) is 3.94. The van der Waals surface area contributed by atoms with Crippen molar-refractivity contribution in [3.05, 3.63) is 47.4 Å². The minimum atomic E-state index is -0.865. The maximum atomic E-state index is 10.9. The smallest absolute Gasteiger partial charge is 0.137 e. The van der Waals surface area contributed by atoms with Gasteiger partial charge in [-0.1, -0.05) is 13.3 Å². The van der Waals surface area contributed by atoms with Gasteiger partial charge in [0.1, 0.15) is 35.8 Å². The van der Waals surface area contributed by atoms with Crippen LogP contribution in [-0.4, -0.2) is 42.6 Å². The molecule has 0 aromatic heterocycles. The molecule has 0 unspecified atom stereocenters. The van der Waals surface area contributed by atoms with E-state index in [9.17, 15) is 15.2 Å². The normalized spacial score (nSPS) is 19.9. The highest BCUT2D eigenvalue weighted by atomic mass is 16.5. The Bertz CT molecular complexity index is 806. The summed E-state index contributed by atoms with van der Waals surface area (Å²) in [5, 5.41) is 23.3. The average molecular weight is 400 g/mol. The standard InChI is InChI=1S/C22H28N2O5/c1-4-5-11-28-17(15-27-10-6-9-25)14-24-20-18-12-16(13-23)7-8-19(18)29-22(2,3)21(20)26/h6-8,12,14,20-21,24,26H,4-5,10-11,15H2,1-3H3/b17-14+/t20-,21+/m0/s1. The van der Waals surface area contributed by atoms with Crippen LogP contribution in [0.15, 0.2) is 36.2 Å². The largest absolute Gasteiger partial charge is 0.494 e. The van der Waals surface area contributed by atoms with Gasteiger partial charge < -0.3 is 24.6 Å². The second-order valence-corrected chi connectivity index (χ2v) is 7.31. The van der Waals surface area contributed by atoms with Crippen LogP contribution in [0.1, 0.15) is 50.8 Å². The summed E-state index contributed by atoms with van der Waals surface area (Å²) in [7, 11) is 0. The molecule has 1 aromatic rings. The van der Waals surface area contributed by atoms with Crippen molar-refractivity contribution in [1.29, 1.82) is 5.26 Å². The van der Waals surface area contributed by atoms with Gasteiger partial charge in [-0.15, -0.1) is 0 Å². The van der Waals surface area contributed by atoms with Crippen molar-refractivity contribution in [2.45, 2.75) is 51.4 Å². The van der Waals surface area contributed by atoms with Crippen LogP contribution in [0, 0.1) is 11.3 Å². The van der Waals surface area contributed by atoms with Gasteiger partial charge in [0.15, 0.2) is 0 Å². The number of hydrogen-bond acceptors (Lipinski definition) is 7. The topological polar surface area (TPSA) is 101 Å². The fourth-order valence-corrected chi connectivity index (χ4v) is 2.96. The molecule has 0 fully saturated rings. The van der Waals surface area contributed by atoms with Gasteiger partial charge in [-0.3, -0.25) is 0 Å². The molecule has 0 aliphatic carbocycles. The van der Waals surface area contributed by atoms with E-state index in [2.05, 4.69) is 18.3 Å². The van der Waals surface area contributed by atoms with Crippen molar-refractivity contribution in [2.24, 2.45) is 0 Å². The van der Waals surface area contributed by atoms with Crippen LogP contribution in [0.2, 0.25) is 0 Å². The highest BCUT2D eigenvalue weighted by molar-refractivity contribution is 5.46. The van der Waals surface area contributed by atoms with Gasteiger partial charge in [-0.05, 0) is 38.5 Å². The summed E-state index contributed by atoms with van der Waals surface area (Å²) >= 11 is 0. The quantitative estimate of drug-likeness (QED) is 0.354. The number of benzene rings is 1. The maximum absolute atomic E-state index is 10.9. The molecule has 7 nitrogen and oxygen atoms in total. The maximum Gasteiger partial charge on any atom is 0.137 e. The lowest BCUT2D eigenvalue weighted by molar-refractivity contribution is -0.0623. The number of aliphatic hydroxyl groups excluding tert-OH is 1. The zero-order chi connectivity index (χ0) is 21.3. The summed E-state index contributed by atoms with van der Waals surface area (Å²) in [6.45, 7) is 6.53. The predicted molar refractivity (Wildman–Crippen MR) is 108 cm³/mol. The number of rotatable bonds is 10. The number of carbonyl (C=O) groups excluding carboxylic acids is 1. The van der Waals surface area contributed by atoms with E-state index in [1.54, 1.807) is 30.3 Å². The molecular weight excluding hydrogens is 372 g/mol. The third-order valence-electron chi connectivity index (χ3n) is 4.61. The summed E-state index contributed by atoms with van der Waals surface area (Å²) < 4.78 is 17.1. The number of nitrogens with zero attached hydrogens (tertiary/aromatic N) is 1. The molecular formula is C22H28N2O5. The molecule has 0 saturated heterocycles. The van der Waals surface area contributed by atoms with Crippen LogP contribution >= 0.6 is 0 Å². The van der Waals surface area contributed by atoms with E-state index < -0.39 is 17.7 Å². The summed E-state index contributed by atoms with van der Waals surface area (Å²) in [6, 6.07) is 6.76. The molecule has 1 aliphatic heterocycles. The first-order chi connectivity index (χ1) is 13.9. The van der Waals surface area contributed by atoms with Gasteiger partial charge in [0.05, 0.1) is 30.9 Å². The molecule has 2 N–H and O–H groups in total. The minimum absolute atomic E-state index is 0.138. The van der Waals surface area contributed by atoms with Crippen molar-refractivity contribution >= 4 is 5.94 Å². The van der Waals surface area contributed by atoms with E-state index >= 15 is 0 Å². The molecule has 0 saturated carbocycles. The minimum Gasteiger partial charge on any atom is -0.494 e. The molecule has 1 aliphatic rings. The third-order valence-corrected chi connectivity index (χ3v) is 4.61. The Morgan fingerprint density at radius 1 is 1.45 bits per heavy atom. The van der Waals surface area contributed by atoms with Crippen molar-refractivity contribution in [2.75, 3.05) is 19.8 Å². The van der Waals surface area contributed by atoms with E-state index in [1.807, 2.05) is 13.8 Å². The van der Waals surface area contributed by atoms with E-state index in [0.29, 0.717) is 29.2 Å². The molecule has 1 aromatic carbocycles. The van der Waals surface area contributed by atoms with E-state index in [4.69, 9.17) is 14.2 Å². The monoisotopic (exact) mass is 400 g/mol. The predicted octanol–water partition coefficient (Wildman–Crippen LogP) is 2.78. The Morgan fingerprint density at radius 3 is 2.93 bits per heavy atom. The summed E-state index contributed by atoms with van der Waals surface area (Å²) in [4.78, 5) is 10.3. The van der Waals surface area contributed by atoms with Gasteiger partial charge in [0.25, 0.3) is 0 Å². The van der Waals surface area contributed by atoms with Gasteiger partial charge in [-0.2, -0.15) is 5.26 Å². The first-order valence-corrected chi connectivity index (χ1v) is 9.69. The number of ether oxygens (including phenoxy) is 3. The Morgan fingerprint density at radius 2 is 2.24 bits per heavy atom. The van der Waals surface area contributed by atoms with Gasteiger partial charge in [-0.25, -0.2) is 4.79 Å². The van der Waals surface area contributed by atoms with Crippen molar-refractivity contribution in [3.63, 3.8) is 0 Å². The van der Waals surface area contributed by atoms with Gasteiger partial charge in [0.2, 0.25) is 0 Å². The number of nitriles is 1. The van der Waals surface area contributed by atoms with Crippen LogP contribution in [0.4, 0.5) is 0 Å². The van der Waals surface area contributed by atoms with Crippen molar-refractivity contribution in [3.8, 4) is 11.8 Å². The number of aliphatic hydroxyl groups is 1. The molecule has 0 amide bonds. The molecule has 0 radical (unpaired) electrons. The average Bonchev–Trinajstić information content (AvgIpc) is 2.70. The summed E-state index contributed by atoms with van der Waals surface area (Å²) in [5.74, 6) is 2.83. The Hall–Kier alpha value is -2.78. The molecule has 2 atom stereocenters. The zero-order valence-corrected chi connectivity index (χ0v) is 17.1. The molecule has 0 bridgehead atoms. The lowest BCUT2D eigenvalue weighted by Gasteiger charge is -2.42. The van der Waals surface area contributed by atoms with Gasteiger partial charge in [0, 0.05) is 17.8 Å². The Kier molecular flexibility index (Phi) is 8.29. The second-order valence-electron chi connectivity index (χ2n) is 7.31. The van der Waals surface area contributed by atoms with Crippen molar-refractivity contribution in [1.82, 2.24) is 5.32 Å². The SMILES string of the molecule is CCCCO/C(=C/N[C@H]1c2cc(C#N)ccc2OC(C)(C)[C@@H]1O)COCC=C=O. The fraction of sp³-hybridized carbons (Fsp3) is 0.500. The second kappa shape index (κ2) is 10.7. The molecule has 0 spiro atoms. The lowest BCUT2D eigenvalue weighted by Crippen LogP contribution is -2.51. The zero-order valence-electron chi connectivity index (χ0n) is 17.1. The third kappa shape index (κ3) is 6.10. The number of hydrogen-bond donors (Lipinski definition) is 2. The lowest BCUT2D eigenvalue weighted by atomic mass is 9.86. The summed E-state index contributed by atoms with van der Waals surface area (Å²) in [5.41, 5.74) is 0.365.